The number of aromatic hydroxyl groups is 2. The molecule has 0 spiro atoms. The Balaban J connectivity index is 2.44. The van der Waals surface area contributed by atoms with E-state index in [0.717, 1.165) is 24.0 Å². The smallest absolute Gasteiger partial charge is 0.303 e. The molecule has 18 heavy (non-hydrogen) atoms. The molecule has 4 nitrogen and oxygen atoms in total. The fraction of sp³-hybridized carbons (Fsp3) is 0.500. The van der Waals surface area contributed by atoms with Crippen LogP contribution >= 0.6 is 0 Å². The van der Waals surface area contributed by atoms with Gasteiger partial charge in [-0.05, 0) is 61.3 Å². The number of carbonyl (C=O) groups is 1. The average molecular weight is 250 g/mol. The van der Waals surface area contributed by atoms with Crippen LogP contribution in [0.2, 0.25) is 0 Å². The standard InChI is InChI=1S/C14H18O4/c1-7-8(2)14(18)12(15)5-10(7)11(6-13(16)17)9-3-4-9/h5,9,11,15,18H,3-4,6H2,1-2H3,(H,16,17). The minimum Gasteiger partial charge on any atom is -0.504 e. The molecule has 0 saturated heterocycles. The monoisotopic (exact) mass is 250 g/mol. The van der Waals surface area contributed by atoms with Gasteiger partial charge < -0.3 is 15.3 Å². The molecule has 0 radical (unpaired) electrons. The van der Waals surface area contributed by atoms with Gasteiger partial charge >= 0.3 is 5.97 Å². The summed E-state index contributed by atoms with van der Waals surface area (Å²) in [6.45, 7) is 3.60. The van der Waals surface area contributed by atoms with E-state index in [1.54, 1.807) is 6.92 Å². The lowest BCUT2D eigenvalue weighted by molar-refractivity contribution is -0.137. The summed E-state index contributed by atoms with van der Waals surface area (Å²) < 4.78 is 0. The third kappa shape index (κ3) is 2.28. The van der Waals surface area contributed by atoms with Crippen molar-refractivity contribution in [2.45, 2.75) is 39.0 Å². The van der Waals surface area contributed by atoms with Crippen molar-refractivity contribution >= 4 is 5.97 Å². The van der Waals surface area contributed by atoms with E-state index in [0.29, 0.717) is 11.5 Å². The molecule has 1 aliphatic carbocycles. The van der Waals surface area contributed by atoms with Crippen LogP contribution in [0.15, 0.2) is 6.07 Å². The van der Waals surface area contributed by atoms with Gasteiger partial charge in [-0.1, -0.05) is 0 Å². The first-order valence-electron chi connectivity index (χ1n) is 6.15. The van der Waals surface area contributed by atoms with Crippen LogP contribution in [0.5, 0.6) is 11.5 Å². The van der Waals surface area contributed by atoms with Crippen LogP contribution in [-0.4, -0.2) is 21.3 Å². The van der Waals surface area contributed by atoms with Gasteiger partial charge in [-0.15, -0.1) is 0 Å². The fourth-order valence-corrected chi connectivity index (χ4v) is 2.51. The molecular formula is C14H18O4. The van der Waals surface area contributed by atoms with Crippen LogP contribution in [0.1, 0.15) is 41.9 Å². The highest BCUT2D eigenvalue weighted by Crippen LogP contribution is 2.47. The molecule has 0 amide bonds. The molecule has 3 N–H and O–H groups in total. The summed E-state index contributed by atoms with van der Waals surface area (Å²) in [5, 5.41) is 28.4. The van der Waals surface area contributed by atoms with Crippen molar-refractivity contribution in [3.05, 3.63) is 22.8 Å². The maximum atomic E-state index is 11.0. The Hall–Kier alpha value is -1.71. The fourth-order valence-electron chi connectivity index (χ4n) is 2.51. The third-order valence-corrected chi connectivity index (χ3v) is 3.87. The second-order valence-electron chi connectivity index (χ2n) is 5.13. The van der Waals surface area contributed by atoms with Crippen LogP contribution in [0.25, 0.3) is 0 Å². The Kier molecular flexibility index (Phi) is 3.20. The van der Waals surface area contributed by atoms with Gasteiger partial charge in [0.05, 0.1) is 6.42 Å². The lowest BCUT2D eigenvalue weighted by atomic mass is 9.86. The molecule has 1 atom stereocenters. The van der Waals surface area contributed by atoms with E-state index in [-0.39, 0.29) is 23.8 Å². The molecule has 0 bridgehead atoms. The predicted molar refractivity (Wildman–Crippen MR) is 67.0 cm³/mol. The van der Waals surface area contributed by atoms with E-state index in [2.05, 4.69) is 0 Å². The van der Waals surface area contributed by atoms with Gasteiger partial charge in [0.15, 0.2) is 11.5 Å². The first kappa shape index (κ1) is 12.7. The van der Waals surface area contributed by atoms with Crippen molar-refractivity contribution in [2.75, 3.05) is 0 Å². The molecule has 0 aromatic heterocycles. The average Bonchev–Trinajstić information content (AvgIpc) is 3.12. The zero-order valence-corrected chi connectivity index (χ0v) is 10.6. The Morgan fingerprint density at radius 3 is 2.44 bits per heavy atom. The number of carboxylic acids is 1. The van der Waals surface area contributed by atoms with E-state index < -0.39 is 5.97 Å². The number of carboxylic acid groups (broad SMARTS) is 1. The molecule has 2 rings (SSSR count). The van der Waals surface area contributed by atoms with Gasteiger partial charge in [-0.25, -0.2) is 0 Å². The Morgan fingerprint density at radius 2 is 1.94 bits per heavy atom. The second kappa shape index (κ2) is 4.52. The highest BCUT2D eigenvalue weighted by molar-refractivity contribution is 5.69. The summed E-state index contributed by atoms with van der Waals surface area (Å²) in [7, 11) is 0. The summed E-state index contributed by atoms with van der Waals surface area (Å²) in [5.41, 5.74) is 2.36. The van der Waals surface area contributed by atoms with Crippen molar-refractivity contribution in [3.8, 4) is 11.5 Å². The van der Waals surface area contributed by atoms with Gasteiger partial charge in [-0.2, -0.15) is 0 Å². The van der Waals surface area contributed by atoms with Gasteiger partial charge in [0.25, 0.3) is 0 Å². The Morgan fingerprint density at radius 1 is 1.33 bits per heavy atom. The lowest BCUT2D eigenvalue weighted by Gasteiger charge is -2.20. The molecule has 1 aliphatic rings. The van der Waals surface area contributed by atoms with Crippen molar-refractivity contribution in [1.29, 1.82) is 0 Å². The van der Waals surface area contributed by atoms with Gasteiger partial charge in [0.2, 0.25) is 0 Å². The molecule has 1 fully saturated rings. The maximum absolute atomic E-state index is 11.0. The number of hydrogen-bond donors (Lipinski definition) is 3. The second-order valence-corrected chi connectivity index (χ2v) is 5.13. The molecule has 1 aromatic rings. The van der Waals surface area contributed by atoms with Crippen LogP contribution in [0, 0.1) is 19.8 Å². The minimum atomic E-state index is -0.823. The summed E-state index contributed by atoms with van der Waals surface area (Å²) in [6.07, 6.45) is 2.16. The largest absolute Gasteiger partial charge is 0.504 e. The number of rotatable bonds is 4. The van der Waals surface area contributed by atoms with E-state index in [1.807, 2.05) is 6.92 Å². The van der Waals surface area contributed by atoms with E-state index in [1.165, 1.54) is 6.07 Å². The number of phenolic OH excluding ortho intramolecular Hbond substituents is 2. The van der Waals surface area contributed by atoms with Crippen molar-refractivity contribution in [2.24, 2.45) is 5.92 Å². The molecule has 98 valence electrons. The summed E-state index contributed by atoms with van der Waals surface area (Å²) in [5.74, 6) is -0.766. The Bertz CT molecular complexity index is 489. The van der Waals surface area contributed by atoms with Crippen LogP contribution in [0.3, 0.4) is 0 Å². The van der Waals surface area contributed by atoms with Gasteiger partial charge in [0.1, 0.15) is 0 Å². The predicted octanol–water partition coefficient (Wildman–Crippen LogP) is 2.68. The highest BCUT2D eigenvalue weighted by Gasteiger charge is 2.35. The topological polar surface area (TPSA) is 77.8 Å². The lowest BCUT2D eigenvalue weighted by Crippen LogP contribution is -2.10. The summed E-state index contributed by atoms with van der Waals surface area (Å²) in [6, 6.07) is 1.52. The van der Waals surface area contributed by atoms with Crippen LogP contribution in [-0.2, 0) is 4.79 Å². The first-order chi connectivity index (χ1) is 8.41. The first-order valence-corrected chi connectivity index (χ1v) is 6.15. The number of phenols is 2. The van der Waals surface area contributed by atoms with Gasteiger partial charge in [-0.3, -0.25) is 4.79 Å². The third-order valence-electron chi connectivity index (χ3n) is 3.87. The summed E-state index contributed by atoms with van der Waals surface area (Å²) >= 11 is 0. The zero-order chi connectivity index (χ0) is 13.4. The molecule has 0 aliphatic heterocycles. The molecule has 1 unspecified atom stereocenters. The molecule has 4 heteroatoms. The van der Waals surface area contributed by atoms with Gasteiger partial charge in [0, 0.05) is 0 Å². The summed E-state index contributed by atoms with van der Waals surface area (Å²) in [4.78, 5) is 11.0. The SMILES string of the molecule is Cc1c(C(CC(=O)O)C2CC2)cc(O)c(O)c1C. The quantitative estimate of drug-likeness (QED) is 0.718. The minimum absolute atomic E-state index is 0.0623. The van der Waals surface area contributed by atoms with E-state index in [9.17, 15) is 15.0 Å². The number of hydrogen-bond acceptors (Lipinski definition) is 3. The number of aliphatic carboxylic acids is 1. The maximum Gasteiger partial charge on any atom is 0.303 e. The van der Waals surface area contributed by atoms with Crippen molar-refractivity contribution in [3.63, 3.8) is 0 Å². The van der Waals surface area contributed by atoms with E-state index in [4.69, 9.17) is 5.11 Å². The molecule has 1 saturated carbocycles. The van der Waals surface area contributed by atoms with Crippen molar-refractivity contribution in [1.82, 2.24) is 0 Å². The highest BCUT2D eigenvalue weighted by atomic mass is 16.4. The Labute approximate surface area is 106 Å². The molecular weight excluding hydrogens is 232 g/mol. The normalized spacial score (nSPS) is 16.6. The van der Waals surface area contributed by atoms with Crippen LogP contribution in [0.4, 0.5) is 0 Å². The zero-order valence-electron chi connectivity index (χ0n) is 10.6. The van der Waals surface area contributed by atoms with Crippen LogP contribution < -0.4 is 0 Å². The van der Waals surface area contributed by atoms with E-state index >= 15 is 0 Å². The molecule has 0 heterocycles. The number of benzene rings is 1. The van der Waals surface area contributed by atoms with Crippen molar-refractivity contribution < 1.29 is 20.1 Å². The molecule has 1 aromatic carbocycles.